The SMILES string of the molecule is COc1ccc([C@@H](C)[C@H](C)NCC(=O)N(C)C)cc1. The van der Waals surface area contributed by atoms with Gasteiger partial charge in [0.05, 0.1) is 13.7 Å². The molecule has 0 aliphatic rings. The summed E-state index contributed by atoms with van der Waals surface area (Å²) in [6.45, 7) is 4.62. The third-order valence-corrected chi connectivity index (χ3v) is 3.47. The molecular weight excluding hydrogens is 240 g/mol. The summed E-state index contributed by atoms with van der Waals surface area (Å²) in [6, 6.07) is 8.29. The first kappa shape index (κ1) is 15.5. The highest BCUT2D eigenvalue weighted by atomic mass is 16.5. The van der Waals surface area contributed by atoms with Gasteiger partial charge in [-0.1, -0.05) is 19.1 Å². The zero-order valence-electron chi connectivity index (χ0n) is 12.4. The Morgan fingerprint density at radius 3 is 2.32 bits per heavy atom. The number of methoxy groups -OCH3 is 1. The van der Waals surface area contributed by atoms with E-state index in [2.05, 4.69) is 31.3 Å². The number of likely N-dealkylation sites (N-methyl/N-ethyl adjacent to an activating group) is 1. The van der Waals surface area contributed by atoms with Crippen LogP contribution in [0.2, 0.25) is 0 Å². The molecule has 0 radical (unpaired) electrons. The molecule has 0 fully saturated rings. The van der Waals surface area contributed by atoms with E-state index < -0.39 is 0 Å². The largest absolute Gasteiger partial charge is 0.497 e. The highest BCUT2D eigenvalue weighted by Gasteiger charge is 2.15. The predicted octanol–water partition coefficient (Wildman–Crippen LogP) is 1.86. The number of benzene rings is 1. The Kier molecular flexibility index (Phi) is 5.83. The Morgan fingerprint density at radius 2 is 1.84 bits per heavy atom. The first-order valence-corrected chi connectivity index (χ1v) is 6.53. The lowest BCUT2D eigenvalue weighted by Gasteiger charge is -2.22. The second kappa shape index (κ2) is 7.14. The number of ether oxygens (including phenoxy) is 1. The summed E-state index contributed by atoms with van der Waals surface area (Å²) in [5.74, 6) is 1.29. The normalized spacial score (nSPS) is 13.7. The maximum Gasteiger partial charge on any atom is 0.236 e. The standard InChI is InChI=1S/C15H24N2O2/c1-11(12(2)16-10-15(18)17(3)4)13-6-8-14(19-5)9-7-13/h6-9,11-12,16H,10H2,1-5H3/t11-,12-/m0/s1. The minimum Gasteiger partial charge on any atom is -0.497 e. The molecular formula is C15H24N2O2. The lowest BCUT2D eigenvalue weighted by Crippen LogP contribution is -2.39. The van der Waals surface area contributed by atoms with E-state index in [4.69, 9.17) is 4.74 Å². The number of hydrogen-bond donors (Lipinski definition) is 1. The molecule has 1 rings (SSSR count). The highest BCUT2D eigenvalue weighted by molar-refractivity contribution is 5.77. The lowest BCUT2D eigenvalue weighted by atomic mass is 9.94. The first-order chi connectivity index (χ1) is 8.95. The van der Waals surface area contributed by atoms with Crippen LogP contribution >= 0.6 is 0 Å². The minimum absolute atomic E-state index is 0.0915. The third kappa shape index (κ3) is 4.56. The van der Waals surface area contributed by atoms with Crippen molar-refractivity contribution >= 4 is 5.91 Å². The summed E-state index contributed by atoms with van der Waals surface area (Å²) >= 11 is 0. The molecule has 1 aromatic rings. The Balaban J connectivity index is 2.55. The zero-order valence-corrected chi connectivity index (χ0v) is 12.4. The number of nitrogens with zero attached hydrogens (tertiary/aromatic N) is 1. The molecule has 19 heavy (non-hydrogen) atoms. The molecule has 0 aliphatic carbocycles. The number of carbonyl (C=O) groups is 1. The van der Waals surface area contributed by atoms with E-state index >= 15 is 0 Å². The molecule has 4 heteroatoms. The topological polar surface area (TPSA) is 41.6 Å². The molecule has 1 aromatic carbocycles. The van der Waals surface area contributed by atoms with E-state index in [1.807, 2.05) is 12.1 Å². The van der Waals surface area contributed by atoms with Crippen LogP contribution in [0.3, 0.4) is 0 Å². The Bertz CT molecular complexity index is 401. The molecule has 0 aliphatic heterocycles. The Morgan fingerprint density at radius 1 is 1.26 bits per heavy atom. The van der Waals surface area contributed by atoms with Crippen LogP contribution in [0.1, 0.15) is 25.3 Å². The minimum atomic E-state index is 0.0915. The molecule has 0 saturated heterocycles. The lowest BCUT2D eigenvalue weighted by molar-refractivity contribution is -0.127. The number of rotatable bonds is 6. The summed E-state index contributed by atoms with van der Waals surface area (Å²) < 4.78 is 5.15. The van der Waals surface area contributed by atoms with Gasteiger partial charge >= 0.3 is 0 Å². The summed E-state index contributed by atoms with van der Waals surface area (Å²) in [7, 11) is 5.19. The van der Waals surface area contributed by atoms with Gasteiger partial charge in [0, 0.05) is 20.1 Å². The smallest absolute Gasteiger partial charge is 0.236 e. The molecule has 0 bridgehead atoms. The van der Waals surface area contributed by atoms with Crippen molar-refractivity contribution < 1.29 is 9.53 Å². The fourth-order valence-electron chi connectivity index (χ4n) is 1.78. The fraction of sp³-hybridized carbons (Fsp3) is 0.533. The zero-order chi connectivity index (χ0) is 14.4. The van der Waals surface area contributed by atoms with Crippen LogP contribution in [0.4, 0.5) is 0 Å². The average Bonchev–Trinajstić information content (AvgIpc) is 2.43. The van der Waals surface area contributed by atoms with Crippen molar-refractivity contribution in [3.63, 3.8) is 0 Å². The van der Waals surface area contributed by atoms with Crippen molar-refractivity contribution in [3.8, 4) is 5.75 Å². The van der Waals surface area contributed by atoms with E-state index in [9.17, 15) is 4.79 Å². The van der Waals surface area contributed by atoms with Gasteiger partial charge < -0.3 is 15.0 Å². The molecule has 0 unspecified atom stereocenters. The summed E-state index contributed by atoms with van der Waals surface area (Å²) in [5, 5.41) is 3.27. The van der Waals surface area contributed by atoms with Crippen LogP contribution < -0.4 is 10.1 Å². The molecule has 106 valence electrons. The van der Waals surface area contributed by atoms with Gasteiger partial charge in [0.1, 0.15) is 5.75 Å². The van der Waals surface area contributed by atoms with Crippen LogP contribution in [0.5, 0.6) is 5.75 Å². The summed E-state index contributed by atoms with van der Waals surface area (Å²) in [5.41, 5.74) is 1.23. The van der Waals surface area contributed by atoms with Crippen molar-refractivity contribution in [2.45, 2.75) is 25.8 Å². The van der Waals surface area contributed by atoms with E-state index in [0.29, 0.717) is 12.5 Å². The molecule has 4 nitrogen and oxygen atoms in total. The average molecular weight is 264 g/mol. The second-order valence-corrected chi connectivity index (χ2v) is 5.02. The maximum atomic E-state index is 11.5. The Hall–Kier alpha value is -1.55. The Labute approximate surface area is 115 Å². The van der Waals surface area contributed by atoms with Crippen molar-refractivity contribution in [2.75, 3.05) is 27.7 Å². The van der Waals surface area contributed by atoms with Gasteiger partial charge in [0.2, 0.25) is 5.91 Å². The predicted molar refractivity (Wildman–Crippen MR) is 77.6 cm³/mol. The van der Waals surface area contributed by atoms with Crippen LogP contribution in [-0.2, 0) is 4.79 Å². The van der Waals surface area contributed by atoms with Crippen molar-refractivity contribution in [2.24, 2.45) is 0 Å². The van der Waals surface area contributed by atoms with Gasteiger partial charge in [0.25, 0.3) is 0 Å². The van der Waals surface area contributed by atoms with Gasteiger partial charge in [-0.3, -0.25) is 4.79 Å². The first-order valence-electron chi connectivity index (χ1n) is 6.53. The molecule has 1 amide bonds. The van der Waals surface area contributed by atoms with E-state index in [1.165, 1.54) is 5.56 Å². The second-order valence-electron chi connectivity index (χ2n) is 5.02. The monoisotopic (exact) mass is 264 g/mol. The third-order valence-electron chi connectivity index (χ3n) is 3.47. The summed E-state index contributed by atoms with van der Waals surface area (Å²) in [4.78, 5) is 13.1. The molecule has 0 heterocycles. The van der Waals surface area contributed by atoms with Gasteiger partial charge in [0.15, 0.2) is 0 Å². The van der Waals surface area contributed by atoms with Crippen molar-refractivity contribution in [1.82, 2.24) is 10.2 Å². The molecule has 0 saturated carbocycles. The fourth-order valence-corrected chi connectivity index (χ4v) is 1.78. The van der Waals surface area contributed by atoms with E-state index in [1.54, 1.807) is 26.1 Å². The van der Waals surface area contributed by atoms with E-state index in [-0.39, 0.29) is 11.9 Å². The maximum absolute atomic E-state index is 11.5. The van der Waals surface area contributed by atoms with Gasteiger partial charge in [-0.15, -0.1) is 0 Å². The number of hydrogen-bond acceptors (Lipinski definition) is 3. The van der Waals surface area contributed by atoms with Gasteiger partial charge in [-0.05, 0) is 30.5 Å². The van der Waals surface area contributed by atoms with Crippen LogP contribution in [-0.4, -0.2) is 44.6 Å². The van der Waals surface area contributed by atoms with Crippen LogP contribution in [0, 0.1) is 0 Å². The summed E-state index contributed by atoms with van der Waals surface area (Å²) in [6.07, 6.45) is 0. The molecule has 1 N–H and O–H groups in total. The van der Waals surface area contributed by atoms with E-state index in [0.717, 1.165) is 5.75 Å². The number of amides is 1. The van der Waals surface area contributed by atoms with Crippen LogP contribution in [0.25, 0.3) is 0 Å². The molecule has 0 spiro atoms. The molecule has 2 atom stereocenters. The quantitative estimate of drug-likeness (QED) is 0.853. The van der Waals surface area contributed by atoms with Gasteiger partial charge in [-0.2, -0.15) is 0 Å². The van der Waals surface area contributed by atoms with Crippen molar-refractivity contribution in [1.29, 1.82) is 0 Å². The number of nitrogens with one attached hydrogen (secondary N) is 1. The van der Waals surface area contributed by atoms with Gasteiger partial charge in [-0.25, -0.2) is 0 Å². The van der Waals surface area contributed by atoms with Crippen molar-refractivity contribution in [3.05, 3.63) is 29.8 Å². The highest BCUT2D eigenvalue weighted by Crippen LogP contribution is 2.21. The van der Waals surface area contributed by atoms with Crippen LogP contribution in [0.15, 0.2) is 24.3 Å². The molecule has 0 aromatic heterocycles. The number of carbonyl (C=O) groups excluding carboxylic acids is 1.